The summed E-state index contributed by atoms with van der Waals surface area (Å²) in [6, 6.07) is 5.83. The Morgan fingerprint density at radius 1 is 1.35 bits per heavy atom. The van der Waals surface area contributed by atoms with E-state index in [1.165, 1.54) is 19.1 Å². The largest absolute Gasteiger partial charge is 0.490 e. The third-order valence-corrected chi connectivity index (χ3v) is 3.87. The summed E-state index contributed by atoms with van der Waals surface area (Å²) in [5, 5.41) is 0. The van der Waals surface area contributed by atoms with Crippen LogP contribution >= 0.6 is 0 Å². The highest BCUT2D eigenvalue weighted by molar-refractivity contribution is 5.75. The maximum absolute atomic E-state index is 13.0. The Morgan fingerprint density at radius 3 is 2.65 bits per heavy atom. The number of hydrogen-bond acceptors (Lipinski definition) is 4. The van der Waals surface area contributed by atoms with Gasteiger partial charge in [0.1, 0.15) is 24.3 Å². The van der Waals surface area contributed by atoms with Gasteiger partial charge < -0.3 is 14.4 Å². The van der Waals surface area contributed by atoms with Crippen molar-refractivity contribution in [3.8, 4) is 5.75 Å². The molecule has 0 bridgehead atoms. The highest BCUT2D eigenvalue weighted by Gasteiger charge is 2.28. The van der Waals surface area contributed by atoms with Crippen LogP contribution in [0.5, 0.6) is 5.75 Å². The first-order valence-electron chi connectivity index (χ1n) is 7.80. The topological polar surface area (TPSA) is 55.8 Å². The van der Waals surface area contributed by atoms with Crippen LogP contribution in [0.25, 0.3) is 0 Å². The number of piperidine rings is 1. The first kappa shape index (κ1) is 17.2. The van der Waals surface area contributed by atoms with Gasteiger partial charge in [-0.2, -0.15) is 0 Å². The van der Waals surface area contributed by atoms with Crippen LogP contribution in [0, 0.1) is 11.7 Å². The summed E-state index contributed by atoms with van der Waals surface area (Å²) in [6.07, 6.45) is 0.822. The van der Waals surface area contributed by atoms with Crippen LogP contribution in [0.15, 0.2) is 24.3 Å². The summed E-state index contributed by atoms with van der Waals surface area (Å²) in [5.41, 5.74) is 0. The van der Waals surface area contributed by atoms with Crippen LogP contribution in [-0.2, 0) is 14.3 Å². The molecule has 0 aromatic heterocycles. The number of carbonyl (C=O) groups is 2. The Hall–Kier alpha value is -2.11. The third-order valence-electron chi connectivity index (χ3n) is 3.87. The average molecular weight is 323 g/mol. The zero-order valence-electron chi connectivity index (χ0n) is 13.5. The van der Waals surface area contributed by atoms with Crippen LogP contribution in [0.4, 0.5) is 4.39 Å². The van der Waals surface area contributed by atoms with E-state index in [4.69, 9.17) is 9.47 Å². The fraction of sp³-hybridized carbons (Fsp3) is 0.529. The maximum Gasteiger partial charge on any atom is 0.309 e. The molecule has 5 nitrogen and oxygen atoms in total. The van der Waals surface area contributed by atoms with Crippen molar-refractivity contribution in [2.24, 2.45) is 5.92 Å². The molecule has 0 spiro atoms. The number of amides is 1. The fourth-order valence-corrected chi connectivity index (χ4v) is 2.53. The molecule has 1 aromatic carbocycles. The van der Waals surface area contributed by atoms with Crippen molar-refractivity contribution < 1.29 is 23.5 Å². The Labute approximate surface area is 135 Å². The monoisotopic (exact) mass is 323 g/mol. The van der Waals surface area contributed by atoms with Crippen molar-refractivity contribution in [1.82, 2.24) is 4.90 Å². The second kappa shape index (κ2) is 7.94. The molecule has 0 aliphatic carbocycles. The molecular weight excluding hydrogens is 301 g/mol. The molecule has 0 radical (unpaired) electrons. The van der Waals surface area contributed by atoms with Gasteiger partial charge in [0.05, 0.1) is 5.92 Å². The van der Waals surface area contributed by atoms with Crippen molar-refractivity contribution in [3.63, 3.8) is 0 Å². The summed E-state index contributed by atoms with van der Waals surface area (Å²) in [7, 11) is 0. The Bertz CT molecular complexity index is 555. The van der Waals surface area contributed by atoms with Crippen LogP contribution in [0.2, 0.25) is 0 Å². The minimum absolute atomic E-state index is 0.0358. The second-order valence-electron chi connectivity index (χ2n) is 5.80. The van der Waals surface area contributed by atoms with Gasteiger partial charge in [-0.05, 0) is 31.9 Å². The van der Waals surface area contributed by atoms with Gasteiger partial charge in [0.2, 0.25) is 5.91 Å². The van der Waals surface area contributed by atoms with E-state index < -0.39 is 6.10 Å². The summed E-state index contributed by atoms with van der Waals surface area (Å²) < 4.78 is 23.8. The summed E-state index contributed by atoms with van der Waals surface area (Å²) >= 11 is 0. The van der Waals surface area contributed by atoms with E-state index in [1.807, 2.05) is 0 Å². The molecule has 0 saturated carbocycles. The smallest absolute Gasteiger partial charge is 0.309 e. The molecule has 1 aliphatic rings. The van der Waals surface area contributed by atoms with E-state index in [0.717, 1.165) is 0 Å². The van der Waals surface area contributed by atoms with Gasteiger partial charge in [-0.25, -0.2) is 4.39 Å². The lowest BCUT2D eigenvalue weighted by Crippen LogP contribution is -2.40. The quantitative estimate of drug-likeness (QED) is 0.781. The Balaban J connectivity index is 1.73. The number of halogens is 1. The maximum atomic E-state index is 13.0. The van der Waals surface area contributed by atoms with Gasteiger partial charge in [0.25, 0.3) is 0 Å². The lowest BCUT2D eigenvalue weighted by atomic mass is 9.97. The molecule has 1 aliphatic heterocycles. The molecule has 0 unspecified atom stereocenters. The van der Waals surface area contributed by atoms with E-state index in [2.05, 4.69) is 0 Å². The van der Waals surface area contributed by atoms with E-state index >= 15 is 0 Å². The number of ether oxygens (including phenoxy) is 2. The van der Waals surface area contributed by atoms with E-state index in [0.29, 0.717) is 31.7 Å². The summed E-state index contributed by atoms with van der Waals surface area (Å²) in [6.45, 7) is 4.61. The van der Waals surface area contributed by atoms with E-state index in [1.54, 1.807) is 24.0 Å². The van der Waals surface area contributed by atoms with Crippen LogP contribution < -0.4 is 4.74 Å². The number of benzene rings is 1. The molecular formula is C17H22FNO4. The zero-order chi connectivity index (χ0) is 16.8. The van der Waals surface area contributed by atoms with Gasteiger partial charge >= 0.3 is 5.97 Å². The Morgan fingerprint density at radius 2 is 2.04 bits per heavy atom. The molecule has 1 fully saturated rings. The van der Waals surface area contributed by atoms with Crippen LogP contribution in [-0.4, -0.2) is 42.6 Å². The molecule has 6 heteroatoms. The molecule has 1 heterocycles. The predicted molar refractivity (Wildman–Crippen MR) is 82.4 cm³/mol. The highest BCUT2D eigenvalue weighted by atomic mass is 19.1. The summed E-state index contributed by atoms with van der Waals surface area (Å²) in [4.78, 5) is 25.1. The minimum Gasteiger partial charge on any atom is -0.490 e. The molecule has 1 atom stereocenters. The molecule has 1 saturated heterocycles. The van der Waals surface area contributed by atoms with Crippen molar-refractivity contribution in [2.75, 3.05) is 19.7 Å². The molecule has 1 amide bonds. The van der Waals surface area contributed by atoms with E-state index in [9.17, 15) is 14.0 Å². The third kappa shape index (κ3) is 5.23. The zero-order valence-corrected chi connectivity index (χ0v) is 13.5. The van der Waals surface area contributed by atoms with Gasteiger partial charge in [-0.15, -0.1) is 0 Å². The number of nitrogens with zero attached hydrogens (tertiary/aromatic N) is 1. The second-order valence-corrected chi connectivity index (χ2v) is 5.80. The summed E-state index contributed by atoms with van der Waals surface area (Å²) in [5.74, 6) is -0.369. The van der Waals surface area contributed by atoms with Crippen LogP contribution in [0.3, 0.4) is 0 Å². The highest BCUT2D eigenvalue weighted by Crippen LogP contribution is 2.19. The van der Waals surface area contributed by atoms with Crippen molar-refractivity contribution in [3.05, 3.63) is 30.1 Å². The number of likely N-dealkylation sites (tertiary alicyclic amines) is 1. The van der Waals surface area contributed by atoms with Gasteiger partial charge in [-0.3, -0.25) is 9.59 Å². The lowest BCUT2D eigenvalue weighted by Gasteiger charge is -2.30. The number of rotatable bonds is 5. The molecule has 2 rings (SSSR count). The number of carbonyl (C=O) groups excluding carboxylic acids is 2. The van der Waals surface area contributed by atoms with Gasteiger partial charge in [0, 0.05) is 26.1 Å². The first-order chi connectivity index (χ1) is 11.0. The number of hydrogen-bond donors (Lipinski definition) is 0. The molecule has 126 valence electrons. The standard InChI is InChI=1S/C17H22FNO4/c1-12(11-22-16-5-3-4-15(18)10-16)23-17(21)14-6-8-19(9-7-14)13(2)20/h3-5,10,12,14H,6-9,11H2,1-2H3/t12-/m0/s1. The fourth-order valence-electron chi connectivity index (χ4n) is 2.53. The van der Waals surface area contributed by atoms with Crippen LogP contribution in [0.1, 0.15) is 26.7 Å². The van der Waals surface area contributed by atoms with Gasteiger partial charge in [-0.1, -0.05) is 6.07 Å². The number of esters is 1. The normalized spacial score (nSPS) is 16.7. The predicted octanol–water partition coefficient (Wildman–Crippen LogP) is 2.39. The minimum atomic E-state index is -0.420. The van der Waals surface area contributed by atoms with Crippen molar-refractivity contribution in [2.45, 2.75) is 32.8 Å². The SMILES string of the molecule is CC(=O)N1CCC(C(=O)O[C@@H](C)COc2cccc(F)c2)CC1. The van der Waals surface area contributed by atoms with Crippen molar-refractivity contribution in [1.29, 1.82) is 0 Å². The first-order valence-corrected chi connectivity index (χ1v) is 7.80. The average Bonchev–Trinajstić information content (AvgIpc) is 2.53. The van der Waals surface area contributed by atoms with Crippen molar-refractivity contribution >= 4 is 11.9 Å². The van der Waals surface area contributed by atoms with E-state index in [-0.39, 0.29) is 30.2 Å². The Kier molecular flexibility index (Phi) is 5.96. The van der Waals surface area contributed by atoms with Gasteiger partial charge in [0.15, 0.2) is 0 Å². The molecule has 0 N–H and O–H groups in total. The molecule has 1 aromatic rings. The lowest BCUT2D eigenvalue weighted by molar-refractivity contribution is -0.157. The molecule has 23 heavy (non-hydrogen) atoms.